The number of rotatable bonds is 4. The number of hydrogen-bond acceptors (Lipinski definition) is 4. The van der Waals surface area contributed by atoms with Gasteiger partial charge in [-0.3, -0.25) is 4.79 Å². The first-order valence-corrected chi connectivity index (χ1v) is 9.69. The van der Waals surface area contributed by atoms with E-state index < -0.39 is 0 Å². The van der Waals surface area contributed by atoms with Crippen molar-refractivity contribution in [3.8, 4) is 17.1 Å². The number of carbonyl (C=O) groups is 1. The van der Waals surface area contributed by atoms with Gasteiger partial charge in [-0.15, -0.1) is 5.10 Å². The third kappa shape index (κ3) is 3.97. The molecule has 3 aromatic rings. The fourth-order valence-corrected chi connectivity index (χ4v) is 3.52. The number of amides is 1. The van der Waals surface area contributed by atoms with Gasteiger partial charge in [-0.1, -0.05) is 42.5 Å². The Morgan fingerprint density at radius 1 is 1.07 bits per heavy atom. The Bertz CT molecular complexity index is 958. The van der Waals surface area contributed by atoms with Crippen molar-refractivity contribution in [1.29, 1.82) is 0 Å². The van der Waals surface area contributed by atoms with Crippen molar-refractivity contribution < 1.29 is 4.79 Å². The third-order valence-corrected chi connectivity index (χ3v) is 5.14. The Labute approximate surface area is 165 Å². The number of nitrogens with one attached hydrogen (secondary N) is 1. The predicted molar refractivity (Wildman–Crippen MR) is 110 cm³/mol. The summed E-state index contributed by atoms with van der Waals surface area (Å²) in [5, 5.41) is 7.67. The minimum atomic E-state index is -0.210. The number of aryl methyl sites for hydroxylation is 1. The summed E-state index contributed by atoms with van der Waals surface area (Å²) in [6, 6.07) is 18.1. The Hall–Kier alpha value is -2.99. The van der Waals surface area contributed by atoms with Gasteiger partial charge in [-0.25, -0.2) is 9.67 Å². The molecule has 0 radical (unpaired) electrons. The van der Waals surface area contributed by atoms with Crippen molar-refractivity contribution in [1.82, 2.24) is 25.0 Å². The van der Waals surface area contributed by atoms with Crippen LogP contribution in [0.25, 0.3) is 17.1 Å². The molecule has 1 aromatic heterocycles. The van der Waals surface area contributed by atoms with E-state index in [0.29, 0.717) is 5.82 Å². The Balaban J connectivity index is 1.66. The molecule has 6 nitrogen and oxygen atoms in total. The third-order valence-electron chi connectivity index (χ3n) is 5.14. The standard InChI is InChI=1S/C22H25N5O/c1-16-7-6-10-19(15-16)27-21(17-8-4-3-5-9-17)24-20(25-27)22(28)23-18-11-13-26(2)14-12-18/h3-10,15,18H,11-14H2,1-2H3,(H,23,28). The minimum Gasteiger partial charge on any atom is -0.346 e. The first-order chi connectivity index (χ1) is 13.6. The number of aromatic nitrogens is 3. The molecule has 1 aliphatic rings. The smallest absolute Gasteiger partial charge is 0.291 e. The fourth-order valence-electron chi connectivity index (χ4n) is 3.52. The maximum atomic E-state index is 12.8. The molecule has 1 amide bonds. The number of benzene rings is 2. The highest BCUT2D eigenvalue weighted by Crippen LogP contribution is 2.22. The van der Waals surface area contributed by atoms with Crippen molar-refractivity contribution in [2.45, 2.75) is 25.8 Å². The van der Waals surface area contributed by atoms with Crippen molar-refractivity contribution >= 4 is 5.91 Å². The van der Waals surface area contributed by atoms with Gasteiger partial charge in [-0.2, -0.15) is 0 Å². The van der Waals surface area contributed by atoms with Crippen molar-refractivity contribution in [2.75, 3.05) is 20.1 Å². The van der Waals surface area contributed by atoms with Crippen molar-refractivity contribution in [2.24, 2.45) is 0 Å². The van der Waals surface area contributed by atoms with Gasteiger partial charge < -0.3 is 10.2 Å². The molecule has 0 saturated carbocycles. The fraction of sp³-hybridized carbons (Fsp3) is 0.318. The molecule has 0 aliphatic carbocycles. The highest BCUT2D eigenvalue weighted by molar-refractivity contribution is 5.91. The molecule has 4 rings (SSSR count). The second-order valence-corrected chi connectivity index (χ2v) is 7.43. The molecule has 0 bridgehead atoms. The lowest BCUT2D eigenvalue weighted by Gasteiger charge is -2.29. The van der Waals surface area contributed by atoms with Crippen molar-refractivity contribution in [3.63, 3.8) is 0 Å². The molecular formula is C22H25N5O. The lowest BCUT2D eigenvalue weighted by atomic mass is 10.1. The zero-order valence-corrected chi connectivity index (χ0v) is 16.3. The first kappa shape index (κ1) is 18.4. The van der Waals surface area contributed by atoms with Crippen LogP contribution in [0.1, 0.15) is 29.0 Å². The number of likely N-dealkylation sites (tertiary alicyclic amines) is 1. The lowest BCUT2D eigenvalue weighted by Crippen LogP contribution is -2.43. The monoisotopic (exact) mass is 375 g/mol. The van der Waals surface area contributed by atoms with Gasteiger partial charge in [0.05, 0.1) is 5.69 Å². The maximum absolute atomic E-state index is 12.8. The van der Waals surface area contributed by atoms with Crippen LogP contribution in [0.15, 0.2) is 54.6 Å². The summed E-state index contributed by atoms with van der Waals surface area (Å²) in [4.78, 5) is 19.7. The van der Waals surface area contributed by atoms with Gasteiger partial charge in [0.2, 0.25) is 5.82 Å². The average molecular weight is 375 g/mol. The van der Waals surface area contributed by atoms with Crippen LogP contribution in [-0.4, -0.2) is 51.8 Å². The number of piperidine rings is 1. The molecule has 1 aliphatic heterocycles. The van der Waals surface area contributed by atoms with Gasteiger partial charge in [0, 0.05) is 11.6 Å². The second kappa shape index (κ2) is 7.94. The molecule has 6 heteroatoms. The summed E-state index contributed by atoms with van der Waals surface area (Å²) in [6.07, 6.45) is 1.90. The molecule has 28 heavy (non-hydrogen) atoms. The Morgan fingerprint density at radius 3 is 2.54 bits per heavy atom. The van der Waals surface area contributed by atoms with E-state index >= 15 is 0 Å². The van der Waals surface area contributed by atoms with Crippen LogP contribution in [0.2, 0.25) is 0 Å². The van der Waals surface area contributed by atoms with Crippen LogP contribution in [0, 0.1) is 6.92 Å². The van der Waals surface area contributed by atoms with E-state index in [-0.39, 0.29) is 17.8 Å². The normalized spacial score (nSPS) is 15.5. The van der Waals surface area contributed by atoms with E-state index in [0.717, 1.165) is 42.7 Å². The zero-order valence-electron chi connectivity index (χ0n) is 16.3. The molecule has 0 spiro atoms. The van der Waals surface area contributed by atoms with E-state index in [1.165, 1.54) is 0 Å². The molecule has 1 saturated heterocycles. The van der Waals surface area contributed by atoms with Gasteiger partial charge in [0.15, 0.2) is 5.82 Å². The van der Waals surface area contributed by atoms with Crippen LogP contribution in [-0.2, 0) is 0 Å². The number of hydrogen-bond donors (Lipinski definition) is 1. The van der Waals surface area contributed by atoms with Crippen LogP contribution in [0.3, 0.4) is 0 Å². The van der Waals surface area contributed by atoms with Gasteiger partial charge >= 0.3 is 0 Å². The van der Waals surface area contributed by atoms with E-state index in [9.17, 15) is 4.79 Å². The van der Waals surface area contributed by atoms with Crippen LogP contribution in [0.4, 0.5) is 0 Å². The van der Waals surface area contributed by atoms with E-state index in [2.05, 4.69) is 27.3 Å². The SMILES string of the molecule is Cc1cccc(-n2nc(C(=O)NC3CCN(C)CC3)nc2-c2ccccc2)c1. The summed E-state index contributed by atoms with van der Waals surface area (Å²) in [7, 11) is 2.11. The number of carbonyl (C=O) groups excluding carboxylic acids is 1. The predicted octanol–water partition coefficient (Wildman–Crippen LogP) is 3.07. The van der Waals surface area contributed by atoms with Crippen LogP contribution in [0.5, 0.6) is 0 Å². The molecule has 2 aromatic carbocycles. The molecule has 2 heterocycles. The quantitative estimate of drug-likeness (QED) is 0.761. The number of nitrogens with zero attached hydrogens (tertiary/aromatic N) is 4. The van der Waals surface area contributed by atoms with E-state index in [4.69, 9.17) is 0 Å². The molecule has 0 unspecified atom stereocenters. The summed E-state index contributed by atoms with van der Waals surface area (Å²) in [5.74, 6) is 0.664. The van der Waals surface area contributed by atoms with Crippen molar-refractivity contribution in [3.05, 3.63) is 66.0 Å². The molecule has 144 valence electrons. The van der Waals surface area contributed by atoms with Crippen LogP contribution >= 0.6 is 0 Å². The van der Waals surface area contributed by atoms with E-state index in [1.807, 2.05) is 61.5 Å². The Kier molecular flexibility index (Phi) is 5.21. The summed E-state index contributed by atoms with van der Waals surface area (Å²) < 4.78 is 1.76. The highest BCUT2D eigenvalue weighted by Gasteiger charge is 2.23. The second-order valence-electron chi connectivity index (χ2n) is 7.43. The summed E-state index contributed by atoms with van der Waals surface area (Å²) in [6.45, 7) is 4.02. The highest BCUT2D eigenvalue weighted by atomic mass is 16.2. The largest absolute Gasteiger partial charge is 0.346 e. The molecule has 1 fully saturated rings. The van der Waals surface area contributed by atoms with Gasteiger partial charge in [0.1, 0.15) is 0 Å². The topological polar surface area (TPSA) is 63.1 Å². The van der Waals surface area contributed by atoms with E-state index in [1.54, 1.807) is 4.68 Å². The summed E-state index contributed by atoms with van der Waals surface area (Å²) in [5.41, 5.74) is 2.95. The molecule has 0 atom stereocenters. The minimum absolute atomic E-state index is 0.176. The summed E-state index contributed by atoms with van der Waals surface area (Å²) >= 11 is 0. The first-order valence-electron chi connectivity index (χ1n) is 9.69. The Morgan fingerprint density at radius 2 is 1.82 bits per heavy atom. The maximum Gasteiger partial charge on any atom is 0.291 e. The van der Waals surface area contributed by atoms with Gasteiger partial charge in [0.25, 0.3) is 5.91 Å². The average Bonchev–Trinajstić information content (AvgIpc) is 3.16. The zero-order chi connectivity index (χ0) is 19.5. The van der Waals surface area contributed by atoms with Gasteiger partial charge in [-0.05, 0) is 57.6 Å². The molecule has 1 N–H and O–H groups in total. The lowest BCUT2D eigenvalue weighted by molar-refractivity contribution is 0.0906. The molecular weight excluding hydrogens is 350 g/mol. The van der Waals surface area contributed by atoms with Crippen LogP contribution < -0.4 is 5.32 Å².